The van der Waals surface area contributed by atoms with Crippen LogP contribution in [0.25, 0.3) is 22.5 Å². The highest BCUT2D eigenvalue weighted by Crippen LogP contribution is 2.35. The molecule has 2 amide bonds. The summed E-state index contributed by atoms with van der Waals surface area (Å²) < 4.78 is 96.9. The molecule has 0 bridgehead atoms. The van der Waals surface area contributed by atoms with Crippen molar-refractivity contribution < 1.29 is 54.5 Å². The molecular formula is C45H40Cl2F6N6O6. The Kier molecular flexibility index (Phi) is 13.9. The zero-order valence-electron chi connectivity index (χ0n) is 35.0. The van der Waals surface area contributed by atoms with Crippen LogP contribution in [0.2, 0.25) is 10.0 Å². The second-order valence-corrected chi connectivity index (χ2v) is 15.8. The Morgan fingerprint density at radius 3 is 1.60 bits per heavy atom. The van der Waals surface area contributed by atoms with E-state index in [9.17, 15) is 35.9 Å². The number of hydrogen-bond donors (Lipinski definition) is 0. The summed E-state index contributed by atoms with van der Waals surface area (Å²) in [4.78, 5) is 34.1. The molecule has 0 atom stereocenters. The molecule has 65 heavy (non-hydrogen) atoms. The number of carbonyl (C=O) groups is 2. The Morgan fingerprint density at radius 2 is 1.09 bits per heavy atom. The van der Waals surface area contributed by atoms with Gasteiger partial charge in [-0.15, -0.1) is 13.2 Å². The summed E-state index contributed by atoms with van der Waals surface area (Å²) in [6.45, 7) is 7.32. The van der Waals surface area contributed by atoms with E-state index in [1.54, 1.807) is 49.0 Å². The van der Waals surface area contributed by atoms with Crippen LogP contribution in [0.1, 0.15) is 37.8 Å². The van der Waals surface area contributed by atoms with E-state index in [2.05, 4.69) is 24.9 Å². The fourth-order valence-corrected chi connectivity index (χ4v) is 7.76. The van der Waals surface area contributed by atoms with Gasteiger partial charge in [-0.05, 0) is 68.4 Å². The van der Waals surface area contributed by atoms with Gasteiger partial charge in [0.1, 0.15) is 45.5 Å². The molecule has 342 valence electrons. The third kappa shape index (κ3) is 10.9. The molecule has 0 unspecified atom stereocenters. The molecule has 0 N–H and O–H groups in total. The lowest BCUT2D eigenvalue weighted by Gasteiger charge is -2.36. The first-order chi connectivity index (χ1) is 30.9. The van der Waals surface area contributed by atoms with Gasteiger partial charge in [-0.25, -0.2) is 0 Å². The fourth-order valence-electron chi connectivity index (χ4n) is 7.47. The molecule has 2 fully saturated rings. The zero-order valence-corrected chi connectivity index (χ0v) is 36.5. The molecule has 12 nitrogen and oxygen atoms in total. The summed E-state index contributed by atoms with van der Waals surface area (Å²) in [5.41, 5.74) is 2.25. The summed E-state index contributed by atoms with van der Waals surface area (Å²) in [6, 6.07) is 23.1. The highest BCUT2D eigenvalue weighted by Gasteiger charge is 2.34. The van der Waals surface area contributed by atoms with E-state index >= 15 is 0 Å². The van der Waals surface area contributed by atoms with Crippen LogP contribution in [0.4, 0.5) is 37.7 Å². The van der Waals surface area contributed by atoms with E-state index in [-0.39, 0.29) is 45.7 Å². The Bertz CT molecular complexity index is 2660. The molecule has 0 aliphatic carbocycles. The first kappa shape index (κ1) is 46.6. The van der Waals surface area contributed by atoms with Gasteiger partial charge < -0.3 is 38.1 Å². The molecule has 2 aliphatic rings. The highest BCUT2D eigenvalue weighted by atomic mass is 35.5. The SMILES string of the molecule is COc1cccc(N2CCN(C(=O)c3c(-c4cccc(OC(F)(F)F)c4)noc3C)CC2)c1.Cc1onc(-c2cccc(C(F)(F)F)c2)c1C(=O)N1CCN(c2ccc(Cl)c(Cl)c2)CC1. The van der Waals surface area contributed by atoms with Gasteiger partial charge >= 0.3 is 12.5 Å². The largest absolute Gasteiger partial charge is 0.573 e. The van der Waals surface area contributed by atoms with Gasteiger partial charge in [0.05, 0.1) is 22.7 Å². The number of piperazine rings is 2. The molecule has 6 aromatic rings. The third-order valence-electron chi connectivity index (χ3n) is 10.8. The van der Waals surface area contributed by atoms with Crippen LogP contribution >= 0.6 is 23.2 Å². The molecule has 8 rings (SSSR count). The van der Waals surface area contributed by atoms with Crippen LogP contribution < -0.4 is 19.3 Å². The number of amides is 2. The van der Waals surface area contributed by atoms with E-state index in [4.69, 9.17) is 37.0 Å². The number of anilines is 2. The van der Waals surface area contributed by atoms with Gasteiger partial charge in [-0.2, -0.15) is 13.2 Å². The monoisotopic (exact) mass is 944 g/mol. The summed E-state index contributed by atoms with van der Waals surface area (Å²) in [5, 5.41) is 8.73. The normalized spacial score (nSPS) is 14.5. The van der Waals surface area contributed by atoms with Crippen molar-refractivity contribution in [3.63, 3.8) is 0 Å². The standard InChI is InChI=1S/C23H22F3N3O4.C22H18Cl2F3N3O2/c1-15-20(21(27-33-15)16-5-3-8-19(13-16)32-23(24,25)26)22(30)29-11-9-28(10-12-29)17-6-4-7-18(14-17)31-2;1-13-19(20(28-32-13)14-3-2-4-15(11-14)22(25,26)27)21(31)30-9-7-29(8-10-30)16-5-6-17(23)18(24)12-16/h3-8,13-14H,9-12H2,1-2H3;2-6,11-12H,7-10H2,1H3. The first-order valence-corrected chi connectivity index (χ1v) is 20.8. The number of methoxy groups -OCH3 is 1. The first-order valence-electron chi connectivity index (χ1n) is 20.0. The lowest BCUT2D eigenvalue weighted by atomic mass is 10.0. The third-order valence-corrected chi connectivity index (χ3v) is 11.5. The van der Waals surface area contributed by atoms with Gasteiger partial charge in [0.25, 0.3) is 11.8 Å². The Hall–Kier alpha value is -6.40. The summed E-state index contributed by atoms with van der Waals surface area (Å²) >= 11 is 12.1. The number of halogens is 8. The van der Waals surface area contributed by atoms with E-state index in [0.717, 1.165) is 29.3 Å². The Balaban J connectivity index is 0.000000194. The van der Waals surface area contributed by atoms with Crippen molar-refractivity contribution in [1.29, 1.82) is 0 Å². The number of aryl methyl sites for hydroxylation is 2. The van der Waals surface area contributed by atoms with Crippen molar-refractivity contribution in [2.24, 2.45) is 0 Å². The van der Waals surface area contributed by atoms with Crippen molar-refractivity contribution in [3.05, 3.63) is 129 Å². The van der Waals surface area contributed by atoms with Crippen LogP contribution in [0.15, 0.2) is 100 Å². The zero-order chi connectivity index (χ0) is 46.6. The van der Waals surface area contributed by atoms with Crippen LogP contribution in [0.5, 0.6) is 11.5 Å². The molecule has 2 aromatic heterocycles. The predicted octanol–water partition coefficient (Wildman–Crippen LogP) is 10.5. The highest BCUT2D eigenvalue weighted by molar-refractivity contribution is 6.42. The molecule has 2 saturated heterocycles. The molecule has 0 saturated carbocycles. The lowest BCUT2D eigenvalue weighted by Crippen LogP contribution is -2.49. The van der Waals surface area contributed by atoms with Crippen molar-refractivity contribution in [2.45, 2.75) is 26.4 Å². The maximum atomic E-state index is 13.3. The average molecular weight is 946 g/mol. The van der Waals surface area contributed by atoms with Gasteiger partial charge in [0.2, 0.25) is 0 Å². The number of carbonyl (C=O) groups excluding carboxylic acids is 2. The number of benzene rings is 4. The van der Waals surface area contributed by atoms with Crippen LogP contribution in [0, 0.1) is 13.8 Å². The van der Waals surface area contributed by atoms with Crippen LogP contribution in [-0.4, -0.2) is 97.8 Å². The molecule has 4 aromatic carbocycles. The Morgan fingerprint density at radius 1 is 0.600 bits per heavy atom. The topological polar surface area (TPSA) is 118 Å². The second kappa shape index (κ2) is 19.4. The van der Waals surface area contributed by atoms with E-state index in [1.165, 1.54) is 30.3 Å². The maximum absolute atomic E-state index is 13.3. The number of hydrogen-bond acceptors (Lipinski definition) is 10. The molecular weight excluding hydrogens is 905 g/mol. The molecule has 2 aliphatic heterocycles. The Labute approximate surface area is 378 Å². The van der Waals surface area contributed by atoms with Crippen molar-refractivity contribution in [3.8, 4) is 34.0 Å². The van der Waals surface area contributed by atoms with Crippen molar-refractivity contribution >= 4 is 46.4 Å². The summed E-state index contributed by atoms with van der Waals surface area (Å²) in [6.07, 6.45) is -9.32. The second-order valence-electron chi connectivity index (χ2n) is 14.9. The smallest absolute Gasteiger partial charge is 0.497 e. The number of aromatic nitrogens is 2. The lowest BCUT2D eigenvalue weighted by molar-refractivity contribution is -0.274. The van der Waals surface area contributed by atoms with Crippen LogP contribution in [0.3, 0.4) is 0 Å². The molecule has 0 spiro atoms. The maximum Gasteiger partial charge on any atom is 0.573 e. The molecule has 4 heterocycles. The number of nitrogens with zero attached hydrogens (tertiary/aromatic N) is 6. The van der Waals surface area contributed by atoms with Crippen molar-refractivity contribution in [1.82, 2.24) is 20.1 Å². The van der Waals surface area contributed by atoms with E-state index in [1.807, 2.05) is 30.3 Å². The molecule has 0 radical (unpaired) electrons. The summed E-state index contributed by atoms with van der Waals surface area (Å²) in [5.74, 6) is 0.307. The average Bonchev–Trinajstić information content (AvgIpc) is 3.88. The van der Waals surface area contributed by atoms with E-state index < -0.39 is 23.9 Å². The predicted molar refractivity (Wildman–Crippen MR) is 231 cm³/mol. The minimum Gasteiger partial charge on any atom is -0.497 e. The van der Waals surface area contributed by atoms with Gasteiger partial charge in [-0.3, -0.25) is 9.59 Å². The van der Waals surface area contributed by atoms with Gasteiger partial charge in [0, 0.05) is 80.9 Å². The fraction of sp³-hybridized carbons (Fsp3) is 0.289. The minimum atomic E-state index is -4.82. The quantitative estimate of drug-likeness (QED) is 0.137. The minimum absolute atomic E-state index is 0.102. The molecule has 20 heteroatoms. The van der Waals surface area contributed by atoms with Gasteiger partial charge in [0.15, 0.2) is 0 Å². The number of ether oxygens (including phenoxy) is 2. The number of rotatable bonds is 8. The van der Waals surface area contributed by atoms with E-state index in [0.29, 0.717) is 73.7 Å². The summed E-state index contributed by atoms with van der Waals surface area (Å²) in [7, 11) is 1.61. The number of alkyl halides is 6. The van der Waals surface area contributed by atoms with Crippen molar-refractivity contribution in [2.75, 3.05) is 69.3 Å². The van der Waals surface area contributed by atoms with Crippen LogP contribution in [-0.2, 0) is 6.18 Å². The van der Waals surface area contributed by atoms with Gasteiger partial charge in [-0.1, -0.05) is 63.8 Å².